The minimum absolute atomic E-state index is 0.164. The molecular weight excluding hydrogens is 162 g/mol. The van der Waals surface area contributed by atoms with E-state index < -0.39 is 6.09 Å². The number of primary amides is 1. The average Bonchev–Trinajstić information content (AvgIpc) is 2.37. The molecule has 70 valence electrons. The van der Waals surface area contributed by atoms with Crippen molar-refractivity contribution >= 4 is 6.09 Å². The van der Waals surface area contributed by atoms with Gasteiger partial charge in [0.15, 0.2) is 6.10 Å². The zero-order valence-corrected chi connectivity index (χ0v) is 6.99. The maximum Gasteiger partial charge on any atom is 0.404 e. The van der Waals surface area contributed by atoms with Crippen molar-refractivity contribution in [2.45, 2.75) is 19.1 Å². The van der Waals surface area contributed by atoms with E-state index >= 15 is 0 Å². The molecule has 0 aromatic heterocycles. The Labute approximate surface area is 70.8 Å². The highest BCUT2D eigenvalue weighted by Gasteiger charge is 2.31. The Morgan fingerprint density at radius 2 is 2.25 bits per heavy atom. The molecule has 2 N–H and O–H groups in total. The van der Waals surface area contributed by atoms with Crippen LogP contribution in [0.1, 0.15) is 6.92 Å². The Balaban J connectivity index is 2.35. The van der Waals surface area contributed by atoms with E-state index in [0.717, 1.165) is 0 Å². The van der Waals surface area contributed by atoms with E-state index in [1.54, 1.807) is 0 Å². The highest BCUT2D eigenvalue weighted by atomic mass is 16.6. The van der Waals surface area contributed by atoms with E-state index in [-0.39, 0.29) is 12.2 Å². The van der Waals surface area contributed by atoms with E-state index in [0.29, 0.717) is 19.8 Å². The van der Waals surface area contributed by atoms with Crippen LogP contribution < -0.4 is 5.73 Å². The quantitative estimate of drug-likeness (QED) is 0.649. The van der Waals surface area contributed by atoms with Gasteiger partial charge in [-0.3, -0.25) is 0 Å². The minimum Gasteiger partial charge on any atom is -0.441 e. The zero-order valence-electron chi connectivity index (χ0n) is 6.99. The van der Waals surface area contributed by atoms with Crippen molar-refractivity contribution in [3.8, 4) is 0 Å². The molecular formula is C7H13NO4. The van der Waals surface area contributed by atoms with E-state index in [9.17, 15) is 4.79 Å². The summed E-state index contributed by atoms with van der Waals surface area (Å²) in [6.45, 7) is 3.28. The van der Waals surface area contributed by atoms with Gasteiger partial charge >= 0.3 is 6.09 Å². The Bertz CT molecular complexity index is 161. The molecule has 1 rings (SSSR count). The van der Waals surface area contributed by atoms with Gasteiger partial charge in [-0.1, -0.05) is 0 Å². The molecule has 1 amide bonds. The molecule has 1 saturated heterocycles. The lowest BCUT2D eigenvalue weighted by atomic mass is 10.2. The van der Waals surface area contributed by atoms with Gasteiger partial charge in [-0.05, 0) is 6.92 Å². The average molecular weight is 175 g/mol. The van der Waals surface area contributed by atoms with Crippen molar-refractivity contribution < 1.29 is 19.0 Å². The van der Waals surface area contributed by atoms with Crippen molar-refractivity contribution in [3.63, 3.8) is 0 Å². The first-order valence-electron chi connectivity index (χ1n) is 3.89. The summed E-state index contributed by atoms with van der Waals surface area (Å²) in [5.41, 5.74) is 4.86. The van der Waals surface area contributed by atoms with Crippen molar-refractivity contribution in [1.29, 1.82) is 0 Å². The number of carbonyl (C=O) groups excluding carboxylic acids is 1. The zero-order chi connectivity index (χ0) is 8.97. The van der Waals surface area contributed by atoms with E-state index in [1.165, 1.54) is 0 Å². The summed E-state index contributed by atoms with van der Waals surface area (Å²) < 4.78 is 15.1. The number of amides is 1. The van der Waals surface area contributed by atoms with Gasteiger partial charge in [-0.15, -0.1) is 0 Å². The monoisotopic (exact) mass is 175 g/mol. The molecule has 5 heteroatoms. The van der Waals surface area contributed by atoms with Crippen LogP contribution in [-0.4, -0.2) is 38.1 Å². The molecule has 2 atom stereocenters. The fourth-order valence-electron chi connectivity index (χ4n) is 1.14. The van der Waals surface area contributed by atoms with Gasteiger partial charge < -0.3 is 19.9 Å². The van der Waals surface area contributed by atoms with Gasteiger partial charge in [0, 0.05) is 6.61 Å². The molecule has 2 unspecified atom stereocenters. The molecule has 1 fully saturated rings. The maximum atomic E-state index is 10.4. The Morgan fingerprint density at radius 3 is 2.83 bits per heavy atom. The standard InChI is InChI=1S/C7H13NO4/c1-2-11-5-3-10-4-6(5)12-7(8)9/h5-6H,2-4H2,1H3,(H2,8,9). The van der Waals surface area contributed by atoms with E-state index in [4.69, 9.17) is 19.9 Å². The van der Waals surface area contributed by atoms with Crippen LogP contribution in [0.4, 0.5) is 4.79 Å². The molecule has 1 heterocycles. The predicted octanol–water partition coefficient (Wildman–Crippen LogP) is -0.114. The summed E-state index contributed by atoms with van der Waals surface area (Å²) in [6, 6.07) is 0. The predicted molar refractivity (Wildman–Crippen MR) is 40.7 cm³/mol. The second-order valence-electron chi connectivity index (χ2n) is 2.51. The fourth-order valence-corrected chi connectivity index (χ4v) is 1.14. The van der Waals surface area contributed by atoms with Crippen LogP contribution >= 0.6 is 0 Å². The van der Waals surface area contributed by atoms with Gasteiger partial charge in [0.2, 0.25) is 0 Å². The lowest BCUT2D eigenvalue weighted by Crippen LogP contribution is -2.33. The first-order chi connectivity index (χ1) is 5.74. The minimum atomic E-state index is -0.782. The Hall–Kier alpha value is -0.810. The van der Waals surface area contributed by atoms with Gasteiger partial charge in [-0.2, -0.15) is 0 Å². The van der Waals surface area contributed by atoms with Gasteiger partial charge in [0.1, 0.15) is 6.10 Å². The second-order valence-corrected chi connectivity index (χ2v) is 2.51. The van der Waals surface area contributed by atoms with Crippen LogP contribution in [0.3, 0.4) is 0 Å². The lowest BCUT2D eigenvalue weighted by Gasteiger charge is -2.16. The van der Waals surface area contributed by atoms with Crippen molar-refractivity contribution in [3.05, 3.63) is 0 Å². The number of hydrogen-bond donors (Lipinski definition) is 1. The molecule has 1 aliphatic rings. The first-order valence-corrected chi connectivity index (χ1v) is 3.89. The normalized spacial score (nSPS) is 28.8. The molecule has 0 aromatic carbocycles. The summed E-state index contributed by atoms with van der Waals surface area (Å²) in [4.78, 5) is 10.4. The molecule has 0 bridgehead atoms. The summed E-state index contributed by atoms with van der Waals surface area (Å²) in [6.07, 6.45) is -1.29. The van der Waals surface area contributed by atoms with Crippen molar-refractivity contribution in [1.82, 2.24) is 0 Å². The number of carbonyl (C=O) groups is 1. The highest BCUT2D eigenvalue weighted by molar-refractivity contribution is 5.64. The molecule has 0 aromatic rings. The second kappa shape index (κ2) is 4.27. The highest BCUT2D eigenvalue weighted by Crippen LogP contribution is 2.12. The molecule has 0 aliphatic carbocycles. The number of ether oxygens (including phenoxy) is 3. The van der Waals surface area contributed by atoms with Crippen molar-refractivity contribution in [2.75, 3.05) is 19.8 Å². The Morgan fingerprint density at radius 1 is 1.58 bits per heavy atom. The number of nitrogens with two attached hydrogens (primary N) is 1. The molecule has 0 saturated carbocycles. The van der Waals surface area contributed by atoms with Gasteiger partial charge in [-0.25, -0.2) is 4.79 Å². The molecule has 0 radical (unpaired) electrons. The van der Waals surface area contributed by atoms with Gasteiger partial charge in [0.05, 0.1) is 13.2 Å². The van der Waals surface area contributed by atoms with Gasteiger partial charge in [0.25, 0.3) is 0 Å². The van der Waals surface area contributed by atoms with E-state index in [2.05, 4.69) is 0 Å². The topological polar surface area (TPSA) is 70.8 Å². The summed E-state index contributed by atoms with van der Waals surface area (Å²) >= 11 is 0. The third-order valence-electron chi connectivity index (χ3n) is 1.63. The summed E-state index contributed by atoms with van der Waals surface area (Å²) in [7, 11) is 0. The third kappa shape index (κ3) is 2.35. The van der Waals surface area contributed by atoms with Crippen LogP contribution in [0, 0.1) is 0 Å². The number of hydrogen-bond acceptors (Lipinski definition) is 4. The maximum absolute atomic E-state index is 10.4. The Kier molecular flexibility index (Phi) is 3.31. The largest absolute Gasteiger partial charge is 0.441 e. The molecule has 5 nitrogen and oxygen atoms in total. The molecule has 0 spiro atoms. The third-order valence-corrected chi connectivity index (χ3v) is 1.63. The lowest BCUT2D eigenvalue weighted by molar-refractivity contribution is -0.0104. The first kappa shape index (κ1) is 9.28. The van der Waals surface area contributed by atoms with Crippen molar-refractivity contribution in [2.24, 2.45) is 5.73 Å². The van der Waals surface area contributed by atoms with E-state index in [1.807, 2.05) is 6.92 Å². The van der Waals surface area contributed by atoms with Crippen LogP contribution in [0.2, 0.25) is 0 Å². The van der Waals surface area contributed by atoms with Crippen LogP contribution in [-0.2, 0) is 14.2 Å². The van der Waals surface area contributed by atoms with Crippen LogP contribution in [0.5, 0.6) is 0 Å². The molecule has 1 aliphatic heterocycles. The smallest absolute Gasteiger partial charge is 0.404 e. The summed E-state index contributed by atoms with van der Waals surface area (Å²) in [5, 5.41) is 0. The fraction of sp³-hybridized carbons (Fsp3) is 0.857. The number of rotatable bonds is 3. The van der Waals surface area contributed by atoms with Crippen LogP contribution in [0.25, 0.3) is 0 Å². The van der Waals surface area contributed by atoms with Crippen LogP contribution in [0.15, 0.2) is 0 Å². The SMILES string of the molecule is CCOC1COCC1OC(N)=O. The summed E-state index contributed by atoms with van der Waals surface area (Å²) in [5.74, 6) is 0. The molecule has 12 heavy (non-hydrogen) atoms.